The lowest BCUT2D eigenvalue weighted by atomic mass is 9.98. The fourth-order valence-corrected chi connectivity index (χ4v) is 3.55. The third-order valence-corrected chi connectivity index (χ3v) is 5.10. The number of benzene rings is 3. The molecular formula is C24H21ClN2. The number of hydrogen-bond donors (Lipinski definition) is 1. The van der Waals surface area contributed by atoms with Crippen LogP contribution in [0, 0.1) is 0 Å². The van der Waals surface area contributed by atoms with Gasteiger partial charge in [0, 0.05) is 23.5 Å². The Labute approximate surface area is 164 Å². The van der Waals surface area contributed by atoms with E-state index in [2.05, 4.69) is 77.0 Å². The van der Waals surface area contributed by atoms with Gasteiger partial charge < -0.3 is 5.32 Å². The van der Waals surface area contributed by atoms with E-state index in [1.54, 1.807) is 0 Å². The lowest BCUT2D eigenvalue weighted by molar-refractivity contribution is 0.530. The van der Waals surface area contributed by atoms with E-state index < -0.39 is 0 Å². The monoisotopic (exact) mass is 372 g/mol. The van der Waals surface area contributed by atoms with Crippen molar-refractivity contribution in [2.24, 2.45) is 0 Å². The first-order valence-corrected chi connectivity index (χ1v) is 9.54. The lowest BCUT2D eigenvalue weighted by Crippen LogP contribution is -2.23. The summed E-state index contributed by atoms with van der Waals surface area (Å²) in [6.07, 6.45) is 0.920. The molecule has 0 fully saturated rings. The number of nitrogens with zero attached hydrogens (tertiary/aromatic N) is 1. The number of pyridine rings is 1. The molecule has 0 unspecified atom stereocenters. The van der Waals surface area contributed by atoms with Crippen molar-refractivity contribution < 1.29 is 0 Å². The van der Waals surface area contributed by atoms with Crippen LogP contribution < -0.4 is 5.32 Å². The number of hydrogen-bond acceptors (Lipinski definition) is 2. The van der Waals surface area contributed by atoms with Gasteiger partial charge in [-0.25, -0.2) is 4.98 Å². The minimum atomic E-state index is 0.205. The van der Waals surface area contributed by atoms with Crippen molar-refractivity contribution in [3.8, 4) is 0 Å². The van der Waals surface area contributed by atoms with Crippen LogP contribution in [0.5, 0.6) is 0 Å². The Balaban J connectivity index is 1.57. The smallest absolute Gasteiger partial charge is 0.134 e. The van der Waals surface area contributed by atoms with E-state index in [0.717, 1.165) is 22.9 Å². The molecular weight excluding hydrogens is 352 g/mol. The number of para-hydroxylation sites is 1. The quantitative estimate of drug-likeness (QED) is 0.422. The van der Waals surface area contributed by atoms with Gasteiger partial charge in [0.25, 0.3) is 0 Å². The number of halogens is 1. The molecule has 1 atom stereocenters. The van der Waals surface area contributed by atoms with Gasteiger partial charge in [0.15, 0.2) is 0 Å². The van der Waals surface area contributed by atoms with Crippen LogP contribution in [0.2, 0.25) is 5.15 Å². The van der Waals surface area contributed by atoms with Crippen LogP contribution in [0.3, 0.4) is 0 Å². The van der Waals surface area contributed by atoms with Crippen LogP contribution in [0.15, 0.2) is 91.0 Å². The summed E-state index contributed by atoms with van der Waals surface area (Å²) in [6, 6.07) is 31.5. The molecule has 0 radical (unpaired) electrons. The Hall–Kier alpha value is -2.68. The molecule has 0 aliphatic heterocycles. The second-order valence-electron chi connectivity index (χ2n) is 6.66. The number of aromatic nitrogens is 1. The normalized spacial score (nSPS) is 12.2. The molecule has 0 aliphatic carbocycles. The van der Waals surface area contributed by atoms with Crippen molar-refractivity contribution in [3.63, 3.8) is 0 Å². The molecule has 0 bridgehead atoms. The topological polar surface area (TPSA) is 24.9 Å². The van der Waals surface area contributed by atoms with Gasteiger partial charge in [0.05, 0.1) is 5.52 Å². The average Bonchev–Trinajstić information content (AvgIpc) is 2.72. The van der Waals surface area contributed by atoms with Crippen LogP contribution in [0.4, 0.5) is 0 Å². The van der Waals surface area contributed by atoms with Gasteiger partial charge >= 0.3 is 0 Å². The Kier molecular flexibility index (Phi) is 5.47. The minimum absolute atomic E-state index is 0.205. The molecule has 2 nitrogen and oxygen atoms in total. The number of nitrogens with one attached hydrogen (secondary N) is 1. The summed E-state index contributed by atoms with van der Waals surface area (Å²) in [4.78, 5) is 4.54. The van der Waals surface area contributed by atoms with E-state index in [1.165, 1.54) is 11.1 Å². The van der Waals surface area contributed by atoms with Crippen molar-refractivity contribution in [2.75, 3.05) is 0 Å². The highest BCUT2D eigenvalue weighted by atomic mass is 35.5. The molecule has 0 spiro atoms. The summed E-state index contributed by atoms with van der Waals surface area (Å²) < 4.78 is 0. The highest BCUT2D eigenvalue weighted by Crippen LogP contribution is 2.23. The molecule has 27 heavy (non-hydrogen) atoms. The van der Waals surface area contributed by atoms with Crippen LogP contribution in [-0.4, -0.2) is 4.98 Å². The van der Waals surface area contributed by atoms with Crippen molar-refractivity contribution in [2.45, 2.75) is 19.0 Å². The van der Waals surface area contributed by atoms with Crippen LogP contribution in [0.25, 0.3) is 10.9 Å². The summed E-state index contributed by atoms with van der Waals surface area (Å²) in [5.74, 6) is 0. The second kappa shape index (κ2) is 8.34. The summed E-state index contributed by atoms with van der Waals surface area (Å²) in [7, 11) is 0. The maximum absolute atomic E-state index is 6.44. The van der Waals surface area contributed by atoms with Crippen molar-refractivity contribution in [3.05, 3.63) is 113 Å². The summed E-state index contributed by atoms with van der Waals surface area (Å²) in [5.41, 5.74) is 4.52. The zero-order valence-corrected chi connectivity index (χ0v) is 15.7. The average molecular weight is 373 g/mol. The molecule has 0 amide bonds. The van der Waals surface area contributed by atoms with Gasteiger partial charge in [-0.1, -0.05) is 90.5 Å². The molecule has 1 N–H and O–H groups in total. The van der Waals surface area contributed by atoms with E-state index in [1.807, 2.05) is 24.3 Å². The maximum atomic E-state index is 6.44. The third-order valence-electron chi connectivity index (χ3n) is 4.77. The van der Waals surface area contributed by atoms with Crippen LogP contribution >= 0.6 is 11.6 Å². The fourth-order valence-electron chi connectivity index (χ4n) is 3.34. The van der Waals surface area contributed by atoms with Crippen molar-refractivity contribution in [1.82, 2.24) is 10.3 Å². The molecule has 0 saturated heterocycles. The molecule has 134 valence electrons. The summed E-state index contributed by atoms with van der Waals surface area (Å²) >= 11 is 6.44. The highest BCUT2D eigenvalue weighted by Gasteiger charge is 2.13. The van der Waals surface area contributed by atoms with E-state index in [0.29, 0.717) is 11.7 Å². The van der Waals surface area contributed by atoms with Gasteiger partial charge in [-0.3, -0.25) is 0 Å². The first kappa shape index (κ1) is 17.7. The molecule has 1 heterocycles. The number of rotatable bonds is 6. The molecule has 4 rings (SSSR count). The van der Waals surface area contributed by atoms with Gasteiger partial charge in [0.2, 0.25) is 0 Å². The molecule has 3 heteroatoms. The Morgan fingerprint density at radius 1 is 0.815 bits per heavy atom. The summed E-state index contributed by atoms with van der Waals surface area (Å²) in [6.45, 7) is 0.670. The van der Waals surface area contributed by atoms with E-state index in [9.17, 15) is 0 Å². The standard InChI is InChI=1S/C24H21ClN2/c25-24-21(16-20-13-7-8-14-22(20)27-24)17-26-23(19-11-5-2-6-12-19)15-18-9-3-1-4-10-18/h1-14,16,23,26H,15,17H2/t23-/m1/s1. The fraction of sp³-hybridized carbons (Fsp3) is 0.125. The highest BCUT2D eigenvalue weighted by molar-refractivity contribution is 6.30. The Bertz CT molecular complexity index is 1020. The minimum Gasteiger partial charge on any atom is -0.305 e. The SMILES string of the molecule is Clc1nc2ccccc2cc1CN[C@H](Cc1ccccc1)c1ccccc1. The van der Waals surface area contributed by atoms with E-state index in [4.69, 9.17) is 11.6 Å². The van der Waals surface area contributed by atoms with Gasteiger partial charge in [-0.2, -0.15) is 0 Å². The molecule has 0 saturated carbocycles. The van der Waals surface area contributed by atoms with E-state index in [-0.39, 0.29) is 6.04 Å². The van der Waals surface area contributed by atoms with Gasteiger partial charge in [-0.15, -0.1) is 0 Å². The molecule has 4 aromatic rings. The number of fused-ring (bicyclic) bond motifs is 1. The van der Waals surface area contributed by atoms with Crippen LogP contribution in [-0.2, 0) is 13.0 Å². The van der Waals surface area contributed by atoms with Crippen molar-refractivity contribution in [1.29, 1.82) is 0 Å². The van der Waals surface area contributed by atoms with Crippen LogP contribution in [0.1, 0.15) is 22.7 Å². The first-order valence-electron chi connectivity index (χ1n) is 9.16. The lowest BCUT2D eigenvalue weighted by Gasteiger charge is -2.20. The molecule has 0 aliphatic rings. The Morgan fingerprint density at radius 3 is 2.26 bits per heavy atom. The largest absolute Gasteiger partial charge is 0.305 e. The summed E-state index contributed by atoms with van der Waals surface area (Å²) in [5, 5.41) is 5.35. The molecule has 1 aromatic heterocycles. The maximum Gasteiger partial charge on any atom is 0.134 e. The Morgan fingerprint density at radius 2 is 1.48 bits per heavy atom. The third kappa shape index (κ3) is 4.36. The zero-order valence-electron chi connectivity index (χ0n) is 15.0. The zero-order chi connectivity index (χ0) is 18.5. The molecule has 3 aromatic carbocycles. The first-order chi connectivity index (χ1) is 13.3. The second-order valence-corrected chi connectivity index (χ2v) is 7.02. The van der Waals surface area contributed by atoms with E-state index >= 15 is 0 Å². The van der Waals surface area contributed by atoms with Crippen molar-refractivity contribution >= 4 is 22.5 Å². The van der Waals surface area contributed by atoms with Gasteiger partial charge in [0.1, 0.15) is 5.15 Å². The predicted molar refractivity (Wildman–Crippen MR) is 113 cm³/mol. The predicted octanol–water partition coefficient (Wildman–Crippen LogP) is 5.96. The van der Waals surface area contributed by atoms with Gasteiger partial charge in [-0.05, 0) is 29.7 Å².